The van der Waals surface area contributed by atoms with Crippen LogP contribution in [0.3, 0.4) is 0 Å². The minimum Gasteiger partial charge on any atom is -0.356 e. The van der Waals surface area contributed by atoms with E-state index >= 15 is 0 Å². The molecule has 7 nitrogen and oxygen atoms in total. The van der Waals surface area contributed by atoms with Gasteiger partial charge >= 0.3 is 0 Å². The minimum absolute atomic E-state index is 0.00479. The molecular weight excluding hydrogens is 424 g/mol. The highest BCUT2D eigenvalue weighted by Crippen LogP contribution is 2.28. The lowest BCUT2D eigenvalue weighted by molar-refractivity contribution is -0.125. The molecule has 3 aliphatic rings. The van der Waals surface area contributed by atoms with Crippen LogP contribution < -0.4 is 10.2 Å². The summed E-state index contributed by atoms with van der Waals surface area (Å²) in [7, 11) is -3.44. The van der Waals surface area contributed by atoms with E-state index in [0.717, 1.165) is 61.8 Å². The molecule has 1 aromatic carbocycles. The highest BCUT2D eigenvalue weighted by Gasteiger charge is 2.29. The van der Waals surface area contributed by atoms with E-state index in [9.17, 15) is 13.2 Å². The summed E-state index contributed by atoms with van der Waals surface area (Å²) < 4.78 is 27.3. The van der Waals surface area contributed by atoms with Crippen LogP contribution in [-0.2, 0) is 14.8 Å². The molecule has 1 atom stereocenters. The molecular formula is C24H32N4O3S. The zero-order valence-corrected chi connectivity index (χ0v) is 19.3. The molecule has 3 fully saturated rings. The fourth-order valence-corrected chi connectivity index (χ4v) is 6.85. The smallest absolute Gasteiger partial charge is 0.243 e. The van der Waals surface area contributed by atoms with Crippen LogP contribution in [0.4, 0.5) is 5.82 Å². The molecule has 5 rings (SSSR count). The number of hydrogen-bond acceptors (Lipinski definition) is 5. The van der Waals surface area contributed by atoms with Gasteiger partial charge in [-0.15, -0.1) is 0 Å². The lowest BCUT2D eigenvalue weighted by Crippen LogP contribution is -2.45. The van der Waals surface area contributed by atoms with Crippen molar-refractivity contribution in [2.75, 3.05) is 31.1 Å². The van der Waals surface area contributed by atoms with Crippen molar-refractivity contribution in [1.29, 1.82) is 0 Å². The average Bonchev–Trinajstić information content (AvgIpc) is 3.53. The summed E-state index contributed by atoms with van der Waals surface area (Å²) in [5.74, 6) is 1.03. The number of nitrogens with zero attached hydrogens (tertiary/aromatic N) is 3. The van der Waals surface area contributed by atoms with Crippen LogP contribution in [0.25, 0.3) is 10.9 Å². The van der Waals surface area contributed by atoms with Gasteiger partial charge in [-0.2, -0.15) is 4.31 Å². The number of pyridine rings is 1. The molecule has 2 saturated heterocycles. The van der Waals surface area contributed by atoms with Gasteiger partial charge in [0.05, 0.1) is 16.3 Å². The molecule has 0 spiro atoms. The first-order chi connectivity index (χ1) is 15.5. The SMILES string of the molecule is O=C(NC1CCCC1)C1CCCN(c2ccc3cc(S(=O)(=O)N4CCCC4)ccc3n2)C1. The van der Waals surface area contributed by atoms with Crippen LogP contribution in [0.5, 0.6) is 0 Å². The molecule has 1 N–H and O–H groups in total. The van der Waals surface area contributed by atoms with Crippen molar-refractivity contribution < 1.29 is 13.2 Å². The Morgan fingerprint density at radius 3 is 2.50 bits per heavy atom. The molecule has 0 bridgehead atoms. The quantitative estimate of drug-likeness (QED) is 0.747. The van der Waals surface area contributed by atoms with Crippen molar-refractivity contribution >= 4 is 32.7 Å². The Balaban J connectivity index is 1.31. The number of carbonyl (C=O) groups excluding carboxylic acids is 1. The van der Waals surface area contributed by atoms with Crippen LogP contribution in [0, 0.1) is 5.92 Å². The first kappa shape index (κ1) is 21.6. The van der Waals surface area contributed by atoms with Gasteiger partial charge in [0.1, 0.15) is 5.82 Å². The number of nitrogens with one attached hydrogen (secondary N) is 1. The van der Waals surface area contributed by atoms with Gasteiger partial charge in [0, 0.05) is 37.6 Å². The number of piperidine rings is 1. The van der Waals surface area contributed by atoms with E-state index < -0.39 is 10.0 Å². The van der Waals surface area contributed by atoms with Gasteiger partial charge in [-0.3, -0.25) is 4.79 Å². The van der Waals surface area contributed by atoms with Gasteiger partial charge in [-0.25, -0.2) is 13.4 Å². The summed E-state index contributed by atoms with van der Waals surface area (Å²) in [6.45, 7) is 2.76. The third-order valence-corrected chi connectivity index (χ3v) is 9.06. The molecule has 2 aliphatic heterocycles. The zero-order chi connectivity index (χ0) is 22.1. The summed E-state index contributed by atoms with van der Waals surface area (Å²) in [5.41, 5.74) is 0.778. The second kappa shape index (κ2) is 8.98. The lowest BCUT2D eigenvalue weighted by atomic mass is 9.96. The van der Waals surface area contributed by atoms with E-state index in [4.69, 9.17) is 4.98 Å². The Morgan fingerprint density at radius 1 is 0.938 bits per heavy atom. The van der Waals surface area contributed by atoms with E-state index in [0.29, 0.717) is 30.6 Å². The number of benzene rings is 1. The molecule has 172 valence electrons. The van der Waals surface area contributed by atoms with Gasteiger partial charge in [0.2, 0.25) is 15.9 Å². The Hall–Kier alpha value is -2.19. The molecule has 1 unspecified atom stereocenters. The molecule has 1 saturated carbocycles. The summed E-state index contributed by atoms with van der Waals surface area (Å²) >= 11 is 0. The molecule has 3 heterocycles. The zero-order valence-electron chi connectivity index (χ0n) is 18.5. The van der Waals surface area contributed by atoms with Crippen LogP contribution in [0.1, 0.15) is 51.4 Å². The predicted molar refractivity (Wildman–Crippen MR) is 125 cm³/mol. The van der Waals surface area contributed by atoms with Crippen molar-refractivity contribution in [2.24, 2.45) is 5.92 Å². The normalized spacial score (nSPS) is 23.1. The molecule has 8 heteroatoms. The van der Waals surface area contributed by atoms with E-state index in [1.807, 2.05) is 12.1 Å². The number of hydrogen-bond donors (Lipinski definition) is 1. The van der Waals surface area contributed by atoms with Crippen molar-refractivity contribution in [1.82, 2.24) is 14.6 Å². The van der Waals surface area contributed by atoms with E-state index in [1.165, 1.54) is 12.8 Å². The van der Waals surface area contributed by atoms with Crippen LogP contribution in [0.2, 0.25) is 0 Å². The number of rotatable bonds is 5. The highest BCUT2D eigenvalue weighted by molar-refractivity contribution is 7.89. The number of carbonyl (C=O) groups is 1. The topological polar surface area (TPSA) is 82.6 Å². The third-order valence-electron chi connectivity index (χ3n) is 7.17. The number of anilines is 1. The number of amides is 1. The first-order valence-electron chi connectivity index (χ1n) is 12.0. The summed E-state index contributed by atoms with van der Waals surface area (Å²) in [6.07, 6.45) is 8.36. The maximum Gasteiger partial charge on any atom is 0.243 e. The highest BCUT2D eigenvalue weighted by atomic mass is 32.2. The Morgan fingerprint density at radius 2 is 1.72 bits per heavy atom. The van der Waals surface area contributed by atoms with Crippen LogP contribution >= 0.6 is 0 Å². The van der Waals surface area contributed by atoms with Crippen LogP contribution in [0.15, 0.2) is 35.2 Å². The number of sulfonamides is 1. The third kappa shape index (κ3) is 4.35. The van der Waals surface area contributed by atoms with Gasteiger partial charge in [0.15, 0.2) is 0 Å². The Kier molecular flexibility index (Phi) is 6.07. The maximum absolute atomic E-state index is 12.9. The van der Waals surface area contributed by atoms with E-state index in [1.54, 1.807) is 22.5 Å². The predicted octanol–water partition coefficient (Wildman–Crippen LogP) is 3.29. The number of fused-ring (bicyclic) bond motifs is 1. The molecule has 1 amide bonds. The second-order valence-corrected chi connectivity index (χ2v) is 11.3. The van der Waals surface area contributed by atoms with Gasteiger partial charge in [0.25, 0.3) is 0 Å². The Bertz CT molecular complexity index is 1090. The summed E-state index contributed by atoms with van der Waals surface area (Å²) in [6, 6.07) is 9.45. The van der Waals surface area contributed by atoms with E-state index in [-0.39, 0.29) is 11.8 Å². The summed E-state index contributed by atoms with van der Waals surface area (Å²) in [5, 5.41) is 4.07. The average molecular weight is 457 g/mol. The second-order valence-electron chi connectivity index (χ2n) is 9.41. The van der Waals surface area contributed by atoms with Crippen LogP contribution in [-0.4, -0.2) is 55.8 Å². The Labute approximate surface area is 190 Å². The molecule has 1 aliphatic carbocycles. The van der Waals surface area contributed by atoms with Crippen molar-refractivity contribution in [2.45, 2.75) is 62.3 Å². The van der Waals surface area contributed by atoms with Gasteiger partial charge in [-0.1, -0.05) is 12.8 Å². The maximum atomic E-state index is 12.9. The largest absolute Gasteiger partial charge is 0.356 e. The van der Waals surface area contributed by atoms with Gasteiger partial charge < -0.3 is 10.2 Å². The molecule has 2 aromatic rings. The van der Waals surface area contributed by atoms with Gasteiger partial charge in [-0.05, 0) is 68.9 Å². The van der Waals surface area contributed by atoms with Crippen molar-refractivity contribution in [3.05, 3.63) is 30.3 Å². The number of aromatic nitrogens is 1. The lowest BCUT2D eigenvalue weighted by Gasteiger charge is -2.33. The monoisotopic (exact) mass is 456 g/mol. The molecule has 0 radical (unpaired) electrons. The molecule has 1 aromatic heterocycles. The first-order valence-corrected chi connectivity index (χ1v) is 13.4. The fourth-order valence-electron chi connectivity index (χ4n) is 5.30. The minimum atomic E-state index is -3.44. The van der Waals surface area contributed by atoms with Crippen molar-refractivity contribution in [3.8, 4) is 0 Å². The molecule has 32 heavy (non-hydrogen) atoms. The standard InChI is InChI=1S/C24H32N4O3S/c29-24(25-20-7-1-2-8-20)19-6-5-13-27(17-19)23-12-9-18-16-21(10-11-22(18)26-23)32(30,31)28-14-3-4-15-28/h9-12,16,19-20H,1-8,13-15,17H2,(H,25,29). The summed E-state index contributed by atoms with van der Waals surface area (Å²) in [4.78, 5) is 20.1. The van der Waals surface area contributed by atoms with Crippen molar-refractivity contribution in [3.63, 3.8) is 0 Å². The fraction of sp³-hybridized carbons (Fsp3) is 0.583. The van der Waals surface area contributed by atoms with E-state index in [2.05, 4.69) is 10.2 Å².